The minimum atomic E-state index is -0.319. The highest BCUT2D eigenvalue weighted by Crippen LogP contribution is 2.34. The van der Waals surface area contributed by atoms with Gasteiger partial charge in [0, 0.05) is 17.3 Å². The molecule has 3 rings (SSSR count). The summed E-state index contributed by atoms with van der Waals surface area (Å²) in [5.41, 5.74) is 1.58. The van der Waals surface area contributed by atoms with E-state index in [4.69, 9.17) is 14.0 Å². The lowest BCUT2D eigenvalue weighted by molar-refractivity contribution is 0.101. The summed E-state index contributed by atoms with van der Waals surface area (Å²) >= 11 is 0. The molecule has 1 N–H and O–H groups in total. The molecule has 1 aromatic heterocycles. The van der Waals surface area contributed by atoms with Crippen LogP contribution in [0.25, 0.3) is 0 Å². The highest BCUT2D eigenvalue weighted by Gasteiger charge is 2.17. The number of nitrogens with zero attached hydrogens (tertiary/aromatic N) is 1. The maximum Gasteiger partial charge on any atom is 0.278 e. The lowest BCUT2D eigenvalue weighted by atomic mass is 10.2. The Balaban J connectivity index is 1.81. The van der Waals surface area contributed by atoms with Gasteiger partial charge in [0.1, 0.15) is 6.26 Å². The normalized spacial score (nSPS) is 12.5. The number of carbonyl (C=O) groups excluding carboxylic acids is 1. The molecule has 0 bridgehead atoms. The molecular weight excluding hydrogens is 236 g/mol. The lowest BCUT2D eigenvalue weighted by Gasteiger charge is -2.04. The molecule has 18 heavy (non-hydrogen) atoms. The molecule has 0 spiro atoms. The Morgan fingerprint density at radius 3 is 2.94 bits per heavy atom. The first-order valence-electron chi connectivity index (χ1n) is 5.36. The summed E-state index contributed by atoms with van der Waals surface area (Å²) in [4.78, 5) is 11.9. The summed E-state index contributed by atoms with van der Waals surface area (Å²) in [7, 11) is 0. The molecule has 0 atom stereocenters. The van der Waals surface area contributed by atoms with Gasteiger partial charge in [-0.1, -0.05) is 5.16 Å². The maximum absolute atomic E-state index is 11.9. The monoisotopic (exact) mass is 246 g/mol. The van der Waals surface area contributed by atoms with Gasteiger partial charge in [-0.05, 0) is 19.1 Å². The van der Waals surface area contributed by atoms with Crippen LogP contribution < -0.4 is 14.8 Å². The molecule has 1 aliphatic heterocycles. The first kappa shape index (κ1) is 10.6. The minimum absolute atomic E-state index is 0.203. The molecule has 0 unspecified atom stereocenters. The molecule has 1 aromatic carbocycles. The average molecular weight is 246 g/mol. The molecule has 0 radical (unpaired) electrons. The van der Waals surface area contributed by atoms with Crippen LogP contribution in [0.1, 0.15) is 16.1 Å². The summed E-state index contributed by atoms with van der Waals surface area (Å²) in [6.45, 7) is 1.96. The molecular formula is C12H10N2O4. The summed E-state index contributed by atoms with van der Waals surface area (Å²) in [5.74, 6) is 0.968. The smallest absolute Gasteiger partial charge is 0.278 e. The van der Waals surface area contributed by atoms with E-state index < -0.39 is 0 Å². The maximum atomic E-state index is 11.9. The van der Waals surface area contributed by atoms with Crippen molar-refractivity contribution in [3.63, 3.8) is 0 Å². The van der Waals surface area contributed by atoms with Gasteiger partial charge in [-0.25, -0.2) is 0 Å². The van der Waals surface area contributed by atoms with Gasteiger partial charge in [0.2, 0.25) is 6.79 Å². The number of hydrogen-bond acceptors (Lipinski definition) is 5. The number of aryl methyl sites for hydroxylation is 1. The van der Waals surface area contributed by atoms with Crippen LogP contribution in [-0.2, 0) is 0 Å². The van der Waals surface area contributed by atoms with Crippen molar-refractivity contribution >= 4 is 11.6 Å². The van der Waals surface area contributed by atoms with Crippen molar-refractivity contribution in [1.29, 1.82) is 0 Å². The van der Waals surface area contributed by atoms with Gasteiger partial charge in [-0.3, -0.25) is 4.79 Å². The van der Waals surface area contributed by atoms with Gasteiger partial charge in [-0.2, -0.15) is 0 Å². The van der Waals surface area contributed by atoms with Crippen molar-refractivity contribution < 1.29 is 18.8 Å². The first-order chi connectivity index (χ1) is 8.74. The Labute approximate surface area is 102 Å². The Bertz CT molecular complexity index is 606. The second kappa shape index (κ2) is 4.06. The first-order valence-corrected chi connectivity index (χ1v) is 5.36. The molecule has 2 heterocycles. The Morgan fingerprint density at radius 2 is 2.17 bits per heavy atom. The third-order valence-corrected chi connectivity index (χ3v) is 2.59. The van der Waals surface area contributed by atoms with Gasteiger partial charge in [0.25, 0.3) is 5.91 Å². The predicted molar refractivity (Wildman–Crippen MR) is 61.8 cm³/mol. The van der Waals surface area contributed by atoms with Crippen molar-refractivity contribution in [2.24, 2.45) is 0 Å². The van der Waals surface area contributed by atoms with E-state index in [1.165, 1.54) is 6.26 Å². The zero-order chi connectivity index (χ0) is 12.5. The Kier molecular flexibility index (Phi) is 2.40. The molecule has 6 nitrogen and oxygen atoms in total. The quantitative estimate of drug-likeness (QED) is 0.876. The van der Waals surface area contributed by atoms with Crippen molar-refractivity contribution in [1.82, 2.24) is 5.16 Å². The molecule has 6 heteroatoms. The zero-order valence-corrected chi connectivity index (χ0v) is 9.60. The fourth-order valence-electron chi connectivity index (χ4n) is 1.67. The van der Waals surface area contributed by atoms with Crippen molar-refractivity contribution in [3.8, 4) is 11.5 Å². The van der Waals surface area contributed by atoms with E-state index in [2.05, 4.69) is 10.5 Å². The van der Waals surface area contributed by atoms with Gasteiger partial charge in [0.05, 0.1) is 0 Å². The van der Waals surface area contributed by atoms with Crippen LogP contribution in [0.4, 0.5) is 5.69 Å². The van der Waals surface area contributed by atoms with Crippen LogP contribution in [0.2, 0.25) is 0 Å². The lowest BCUT2D eigenvalue weighted by Crippen LogP contribution is -2.13. The number of aromatic nitrogens is 1. The van der Waals surface area contributed by atoms with E-state index in [0.29, 0.717) is 22.7 Å². The number of carbonyl (C=O) groups is 1. The third-order valence-electron chi connectivity index (χ3n) is 2.59. The summed E-state index contributed by atoms with van der Waals surface area (Å²) in [6.07, 6.45) is 1.43. The minimum Gasteiger partial charge on any atom is -0.454 e. The number of amides is 1. The van der Waals surface area contributed by atoms with Crippen LogP contribution in [0.15, 0.2) is 29.0 Å². The molecule has 0 saturated heterocycles. The number of nitrogens with one attached hydrogen (secondary N) is 1. The van der Waals surface area contributed by atoms with Crippen molar-refractivity contribution in [2.75, 3.05) is 12.1 Å². The second-order valence-electron chi connectivity index (χ2n) is 3.87. The number of ether oxygens (including phenoxy) is 2. The zero-order valence-electron chi connectivity index (χ0n) is 9.60. The highest BCUT2D eigenvalue weighted by atomic mass is 16.7. The van der Waals surface area contributed by atoms with E-state index in [0.717, 1.165) is 0 Å². The molecule has 2 aromatic rings. The predicted octanol–water partition coefficient (Wildman–Crippen LogP) is 1.96. The number of rotatable bonds is 2. The molecule has 92 valence electrons. The third kappa shape index (κ3) is 1.77. The van der Waals surface area contributed by atoms with Crippen LogP contribution in [0.3, 0.4) is 0 Å². The van der Waals surface area contributed by atoms with Crippen LogP contribution in [0.5, 0.6) is 11.5 Å². The van der Waals surface area contributed by atoms with Crippen LogP contribution >= 0.6 is 0 Å². The summed E-state index contributed by atoms with van der Waals surface area (Å²) < 4.78 is 15.1. The largest absolute Gasteiger partial charge is 0.454 e. The van der Waals surface area contributed by atoms with Crippen LogP contribution in [0, 0.1) is 6.92 Å². The number of benzene rings is 1. The van der Waals surface area contributed by atoms with E-state index in [-0.39, 0.29) is 18.4 Å². The fourth-order valence-corrected chi connectivity index (χ4v) is 1.67. The Morgan fingerprint density at radius 1 is 1.33 bits per heavy atom. The van der Waals surface area contributed by atoms with E-state index in [1.54, 1.807) is 25.1 Å². The number of fused-ring (bicyclic) bond motifs is 1. The van der Waals surface area contributed by atoms with Crippen LogP contribution in [-0.4, -0.2) is 17.9 Å². The van der Waals surface area contributed by atoms with E-state index >= 15 is 0 Å². The highest BCUT2D eigenvalue weighted by molar-refractivity contribution is 6.03. The molecule has 1 amide bonds. The average Bonchev–Trinajstić information content (AvgIpc) is 2.96. The standard InChI is InChI=1S/C12H10N2O4/c1-7-5-18-14-11(7)12(15)13-8-2-3-9-10(4-8)17-6-16-9/h2-5H,6H2,1H3,(H,13,15). The topological polar surface area (TPSA) is 73.6 Å². The Hall–Kier alpha value is -2.50. The summed E-state index contributed by atoms with van der Waals surface area (Å²) in [5, 5.41) is 6.36. The second-order valence-corrected chi connectivity index (χ2v) is 3.87. The SMILES string of the molecule is Cc1conc1C(=O)Nc1ccc2c(c1)OCO2. The number of hydrogen-bond donors (Lipinski definition) is 1. The summed E-state index contributed by atoms with van der Waals surface area (Å²) in [6, 6.07) is 5.18. The molecule has 0 fully saturated rings. The van der Waals surface area contributed by atoms with Gasteiger partial charge >= 0.3 is 0 Å². The van der Waals surface area contributed by atoms with Gasteiger partial charge in [-0.15, -0.1) is 0 Å². The van der Waals surface area contributed by atoms with Crippen molar-refractivity contribution in [2.45, 2.75) is 6.92 Å². The van der Waals surface area contributed by atoms with Crippen molar-refractivity contribution in [3.05, 3.63) is 35.7 Å². The molecule has 1 aliphatic rings. The van der Waals surface area contributed by atoms with Gasteiger partial charge in [0.15, 0.2) is 17.2 Å². The molecule has 0 saturated carbocycles. The van der Waals surface area contributed by atoms with Gasteiger partial charge < -0.3 is 19.3 Å². The number of anilines is 1. The fraction of sp³-hybridized carbons (Fsp3) is 0.167. The van der Waals surface area contributed by atoms with E-state index in [9.17, 15) is 4.79 Å². The molecule has 0 aliphatic carbocycles. The van der Waals surface area contributed by atoms with E-state index in [1.807, 2.05) is 0 Å².